The van der Waals surface area contributed by atoms with Crippen LogP contribution in [0.5, 0.6) is 0 Å². The Balaban J connectivity index is 2.61. The van der Waals surface area contributed by atoms with Crippen molar-refractivity contribution in [3.05, 3.63) is 11.6 Å². The Morgan fingerprint density at radius 2 is 2.11 bits per heavy atom. The van der Waals surface area contributed by atoms with E-state index in [0.29, 0.717) is 5.82 Å². The Labute approximate surface area is 106 Å². The number of nitrogens with zero attached hydrogens (tertiary/aromatic N) is 3. The molecule has 7 heteroatoms. The molecule has 0 radical (unpaired) electrons. The number of aromatic nitrogens is 3. The molecule has 1 rings (SSSR count). The average molecular weight is 253 g/mol. The van der Waals surface area contributed by atoms with Crippen molar-refractivity contribution < 1.29 is 9.59 Å². The molecule has 0 saturated heterocycles. The molecule has 0 aromatic carbocycles. The van der Waals surface area contributed by atoms with E-state index in [1.165, 1.54) is 4.90 Å². The van der Waals surface area contributed by atoms with Crippen LogP contribution in [-0.2, 0) is 11.2 Å². The minimum atomic E-state index is -0.597. The maximum absolute atomic E-state index is 11.8. The van der Waals surface area contributed by atoms with Crippen LogP contribution in [0.25, 0.3) is 0 Å². The van der Waals surface area contributed by atoms with Crippen molar-refractivity contribution in [2.45, 2.75) is 32.7 Å². The maximum Gasteiger partial charge on any atom is 0.291 e. The van der Waals surface area contributed by atoms with Crippen LogP contribution in [-0.4, -0.2) is 52.0 Å². The summed E-state index contributed by atoms with van der Waals surface area (Å²) in [6.45, 7) is 3.64. The molecular weight excluding hydrogens is 234 g/mol. The quantitative estimate of drug-likeness (QED) is 0.770. The Morgan fingerprint density at radius 3 is 2.67 bits per heavy atom. The normalized spacial score (nSPS) is 12.0. The summed E-state index contributed by atoms with van der Waals surface area (Å²) in [7, 11) is 3.27. The molecule has 1 aromatic rings. The molecule has 18 heavy (non-hydrogen) atoms. The summed E-state index contributed by atoms with van der Waals surface area (Å²) in [5.41, 5.74) is 0. The highest BCUT2D eigenvalue weighted by molar-refractivity contribution is 5.94. The molecule has 2 N–H and O–H groups in total. The van der Waals surface area contributed by atoms with E-state index >= 15 is 0 Å². The van der Waals surface area contributed by atoms with Crippen LogP contribution in [0.2, 0.25) is 0 Å². The molecule has 0 aliphatic rings. The Bertz CT molecular complexity index is 427. The van der Waals surface area contributed by atoms with Crippen LogP contribution < -0.4 is 5.32 Å². The number of carbonyl (C=O) groups is 2. The molecule has 0 aliphatic heterocycles. The fraction of sp³-hybridized carbons (Fsp3) is 0.636. The van der Waals surface area contributed by atoms with Gasteiger partial charge in [0.05, 0.1) is 0 Å². The van der Waals surface area contributed by atoms with E-state index in [4.69, 9.17) is 0 Å². The van der Waals surface area contributed by atoms with Gasteiger partial charge >= 0.3 is 0 Å². The first-order chi connectivity index (χ1) is 8.45. The number of hydrogen-bond acceptors (Lipinski definition) is 4. The van der Waals surface area contributed by atoms with Gasteiger partial charge in [-0.3, -0.25) is 14.7 Å². The number of likely N-dealkylation sites (N-methyl/N-ethyl adjacent to an activating group) is 1. The lowest BCUT2D eigenvalue weighted by atomic mass is 10.3. The first-order valence-electron chi connectivity index (χ1n) is 5.89. The summed E-state index contributed by atoms with van der Waals surface area (Å²) >= 11 is 0. The topological polar surface area (TPSA) is 91.0 Å². The predicted molar refractivity (Wildman–Crippen MR) is 66.0 cm³/mol. The molecule has 0 spiro atoms. The van der Waals surface area contributed by atoms with E-state index in [0.717, 1.165) is 12.8 Å². The number of carbonyl (C=O) groups excluding carboxylic acids is 2. The summed E-state index contributed by atoms with van der Waals surface area (Å²) in [4.78, 5) is 28.8. The van der Waals surface area contributed by atoms with Crippen LogP contribution in [0, 0.1) is 0 Å². The van der Waals surface area contributed by atoms with E-state index in [9.17, 15) is 9.59 Å². The zero-order chi connectivity index (χ0) is 13.7. The predicted octanol–water partition coefficient (Wildman–Crippen LogP) is -0.0363. The number of hydrogen-bond donors (Lipinski definition) is 2. The largest absolute Gasteiger partial charge is 0.347 e. The zero-order valence-corrected chi connectivity index (χ0v) is 11.1. The van der Waals surface area contributed by atoms with Gasteiger partial charge in [-0.2, -0.15) is 0 Å². The fourth-order valence-corrected chi connectivity index (χ4v) is 1.46. The maximum atomic E-state index is 11.8. The Morgan fingerprint density at radius 1 is 1.44 bits per heavy atom. The second kappa shape index (κ2) is 6.13. The second-order valence-corrected chi connectivity index (χ2v) is 4.28. The summed E-state index contributed by atoms with van der Waals surface area (Å²) in [5, 5.41) is 9.07. The number of nitrogens with one attached hydrogen (secondary N) is 2. The third kappa shape index (κ3) is 3.54. The van der Waals surface area contributed by atoms with Gasteiger partial charge in [-0.25, -0.2) is 4.98 Å². The number of aromatic amines is 1. The number of amides is 2. The van der Waals surface area contributed by atoms with Crippen LogP contribution >= 0.6 is 0 Å². The van der Waals surface area contributed by atoms with Crippen molar-refractivity contribution >= 4 is 11.8 Å². The molecule has 0 bridgehead atoms. The summed E-state index contributed by atoms with van der Waals surface area (Å²) in [6, 6.07) is -0.597. The standard InChI is InChI=1S/C11H19N5O2/c1-5-6-8-13-9(15-14-8)10(17)12-7(2)11(18)16(3)4/h7H,5-6H2,1-4H3,(H,12,17)(H,13,14,15). The van der Waals surface area contributed by atoms with Crippen molar-refractivity contribution in [2.75, 3.05) is 14.1 Å². The number of H-pyrrole nitrogens is 1. The first-order valence-corrected chi connectivity index (χ1v) is 5.89. The lowest BCUT2D eigenvalue weighted by Gasteiger charge is -2.17. The van der Waals surface area contributed by atoms with E-state index in [-0.39, 0.29) is 11.7 Å². The molecule has 1 aromatic heterocycles. The van der Waals surface area contributed by atoms with Gasteiger partial charge < -0.3 is 10.2 Å². The van der Waals surface area contributed by atoms with E-state index in [1.54, 1.807) is 21.0 Å². The minimum absolute atomic E-state index is 0.0665. The highest BCUT2D eigenvalue weighted by atomic mass is 16.2. The summed E-state index contributed by atoms with van der Waals surface area (Å²) < 4.78 is 0. The highest BCUT2D eigenvalue weighted by Gasteiger charge is 2.20. The molecular formula is C11H19N5O2. The molecule has 1 atom stereocenters. The van der Waals surface area contributed by atoms with Crippen LogP contribution in [0.3, 0.4) is 0 Å². The van der Waals surface area contributed by atoms with Gasteiger partial charge in [0.25, 0.3) is 5.91 Å². The monoisotopic (exact) mass is 253 g/mol. The minimum Gasteiger partial charge on any atom is -0.347 e. The van der Waals surface area contributed by atoms with Crippen molar-refractivity contribution in [3.63, 3.8) is 0 Å². The van der Waals surface area contributed by atoms with Gasteiger partial charge in [0.2, 0.25) is 11.7 Å². The Kier molecular flexibility index (Phi) is 4.82. The average Bonchev–Trinajstić information content (AvgIpc) is 2.77. The van der Waals surface area contributed by atoms with Gasteiger partial charge in [-0.15, -0.1) is 5.10 Å². The number of aryl methyl sites for hydroxylation is 1. The van der Waals surface area contributed by atoms with Crippen molar-refractivity contribution in [1.82, 2.24) is 25.4 Å². The van der Waals surface area contributed by atoms with E-state index in [1.807, 2.05) is 6.92 Å². The van der Waals surface area contributed by atoms with Crippen LogP contribution in [0.1, 0.15) is 36.7 Å². The molecule has 100 valence electrons. The molecule has 1 unspecified atom stereocenters. The third-order valence-electron chi connectivity index (χ3n) is 2.38. The van der Waals surface area contributed by atoms with E-state index in [2.05, 4.69) is 20.5 Å². The molecule has 1 heterocycles. The molecule has 0 saturated carbocycles. The molecule has 0 fully saturated rings. The lowest BCUT2D eigenvalue weighted by molar-refractivity contribution is -0.130. The van der Waals surface area contributed by atoms with Crippen molar-refractivity contribution in [3.8, 4) is 0 Å². The molecule has 2 amide bonds. The Hall–Kier alpha value is -1.92. The van der Waals surface area contributed by atoms with Gasteiger partial charge in [-0.05, 0) is 13.3 Å². The first kappa shape index (κ1) is 14.1. The molecule has 0 aliphatic carbocycles. The van der Waals surface area contributed by atoms with Gasteiger partial charge in [0.1, 0.15) is 11.9 Å². The zero-order valence-electron chi connectivity index (χ0n) is 11.1. The fourth-order valence-electron chi connectivity index (χ4n) is 1.46. The second-order valence-electron chi connectivity index (χ2n) is 4.28. The van der Waals surface area contributed by atoms with Crippen molar-refractivity contribution in [2.24, 2.45) is 0 Å². The van der Waals surface area contributed by atoms with E-state index < -0.39 is 11.9 Å². The molecule has 7 nitrogen and oxygen atoms in total. The lowest BCUT2D eigenvalue weighted by Crippen LogP contribution is -2.44. The summed E-state index contributed by atoms with van der Waals surface area (Å²) in [6.07, 6.45) is 1.66. The van der Waals surface area contributed by atoms with Gasteiger partial charge in [0.15, 0.2) is 0 Å². The summed E-state index contributed by atoms with van der Waals surface area (Å²) in [5.74, 6) is 0.120. The third-order valence-corrected chi connectivity index (χ3v) is 2.38. The van der Waals surface area contributed by atoms with Crippen molar-refractivity contribution in [1.29, 1.82) is 0 Å². The van der Waals surface area contributed by atoms with Gasteiger partial charge in [0, 0.05) is 20.5 Å². The van der Waals surface area contributed by atoms with Gasteiger partial charge in [-0.1, -0.05) is 6.92 Å². The number of rotatable bonds is 5. The smallest absolute Gasteiger partial charge is 0.291 e. The highest BCUT2D eigenvalue weighted by Crippen LogP contribution is 1.98. The van der Waals surface area contributed by atoms with Crippen LogP contribution in [0.15, 0.2) is 0 Å². The van der Waals surface area contributed by atoms with Crippen LogP contribution in [0.4, 0.5) is 0 Å². The SMILES string of the molecule is CCCc1nc(C(=O)NC(C)C(=O)N(C)C)n[nH]1.